The van der Waals surface area contributed by atoms with Crippen molar-refractivity contribution in [2.75, 3.05) is 0 Å². The van der Waals surface area contributed by atoms with E-state index in [0.717, 1.165) is 12.1 Å². The molecule has 0 radical (unpaired) electrons. The fraction of sp³-hybridized carbons (Fsp3) is 0.385. The van der Waals surface area contributed by atoms with Crippen molar-refractivity contribution in [1.29, 1.82) is 0 Å². The molecule has 0 aliphatic rings. The van der Waals surface area contributed by atoms with Gasteiger partial charge in [-0.3, -0.25) is 9.59 Å². The molecule has 0 aromatic heterocycles. The molecule has 0 spiro atoms. The van der Waals surface area contributed by atoms with Gasteiger partial charge in [-0.2, -0.15) is 13.2 Å². The Bertz CT molecular complexity index is 543. The number of rotatable bonds is 5. The van der Waals surface area contributed by atoms with Crippen molar-refractivity contribution >= 4 is 11.9 Å². The summed E-state index contributed by atoms with van der Waals surface area (Å²) in [6.07, 6.45) is -5.06. The average molecular weight is 307 g/mol. The number of aliphatic carboxylic acids is 1. The van der Waals surface area contributed by atoms with Crippen LogP contribution in [0.3, 0.4) is 0 Å². The van der Waals surface area contributed by atoms with E-state index in [9.17, 15) is 27.2 Å². The maximum atomic E-state index is 13.7. The van der Waals surface area contributed by atoms with Crippen LogP contribution in [0.5, 0.6) is 0 Å². The van der Waals surface area contributed by atoms with Crippen molar-refractivity contribution in [3.05, 3.63) is 35.1 Å². The van der Waals surface area contributed by atoms with E-state index in [2.05, 4.69) is 5.32 Å². The van der Waals surface area contributed by atoms with Gasteiger partial charge in [-0.15, -0.1) is 0 Å². The van der Waals surface area contributed by atoms with Gasteiger partial charge in [0.2, 0.25) is 0 Å². The second-order valence-electron chi connectivity index (χ2n) is 4.34. The summed E-state index contributed by atoms with van der Waals surface area (Å²) < 4.78 is 51.4. The molecule has 1 aromatic carbocycles. The van der Waals surface area contributed by atoms with Crippen LogP contribution >= 0.6 is 0 Å². The minimum absolute atomic E-state index is 0.249. The highest BCUT2D eigenvalue weighted by molar-refractivity contribution is 5.95. The molecule has 0 saturated heterocycles. The Kier molecular flexibility index (Phi) is 5.28. The average Bonchev–Trinajstić information content (AvgIpc) is 2.35. The molecule has 0 aliphatic heterocycles. The maximum absolute atomic E-state index is 13.7. The van der Waals surface area contributed by atoms with Gasteiger partial charge in [0.25, 0.3) is 5.91 Å². The molecule has 4 nitrogen and oxygen atoms in total. The van der Waals surface area contributed by atoms with Crippen LogP contribution in [0.15, 0.2) is 18.2 Å². The lowest BCUT2D eigenvalue weighted by atomic mass is 10.1. The number of halogens is 4. The fourth-order valence-electron chi connectivity index (χ4n) is 1.70. The van der Waals surface area contributed by atoms with E-state index in [-0.39, 0.29) is 6.42 Å². The first kappa shape index (κ1) is 16.9. The monoisotopic (exact) mass is 307 g/mol. The van der Waals surface area contributed by atoms with Crippen LogP contribution in [0, 0.1) is 5.82 Å². The molecule has 1 amide bonds. The summed E-state index contributed by atoms with van der Waals surface area (Å²) in [5, 5.41) is 10.8. The van der Waals surface area contributed by atoms with Crippen molar-refractivity contribution in [3.63, 3.8) is 0 Å². The van der Waals surface area contributed by atoms with Crippen LogP contribution < -0.4 is 5.32 Å². The SMILES string of the molecule is CCC(CC(=O)O)NC(=O)c1cccc(C(F)(F)F)c1F. The molecule has 8 heteroatoms. The summed E-state index contributed by atoms with van der Waals surface area (Å²) in [4.78, 5) is 22.3. The van der Waals surface area contributed by atoms with Gasteiger partial charge in [-0.25, -0.2) is 4.39 Å². The Morgan fingerprint density at radius 1 is 1.33 bits per heavy atom. The molecule has 1 unspecified atom stereocenters. The Balaban J connectivity index is 3.00. The van der Waals surface area contributed by atoms with Gasteiger partial charge in [-0.05, 0) is 18.6 Å². The van der Waals surface area contributed by atoms with Gasteiger partial charge in [0.15, 0.2) is 0 Å². The number of carboxylic acids is 1. The summed E-state index contributed by atoms with van der Waals surface area (Å²) in [6, 6.07) is 1.57. The number of amides is 1. The summed E-state index contributed by atoms with van der Waals surface area (Å²) in [6.45, 7) is 1.59. The van der Waals surface area contributed by atoms with E-state index in [4.69, 9.17) is 5.11 Å². The van der Waals surface area contributed by atoms with Crippen LogP contribution in [-0.4, -0.2) is 23.0 Å². The van der Waals surface area contributed by atoms with Crippen LogP contribution in [-0.2, 0) is 11.0 Å². The highest BCUT2D eigenvalue weighted by Crippen LogP contribution is 2.32. The summed E-state index contributed by atoms with van der Waals surface area (Å²) >= 11 is 0. The largest absolute Gasteiger partial charge is 0.481 e. The second kappa shape index (κ2) is 6.55. The normalized spacial score (nSPS) is 12.8. The molecule has 21 heavy (non-hydrogen) atoms. The zero-order valence-corrected chi connectivity index (χ0v) is 11.0. The van der Waals surface area contributed by atoms with E-state index in [1.807, 2.05) is 0 Å². The van der Waals surface area contributed by atoms with Crippen molar-refractivity contribution < 1.29 is 32.3 Å². The van der Waals surface area contributed by atoms with Crippen LogP contribution in [0.1, 0.15) is 35.7 Å². The third-order valence-electron chi connectivity index (χ3n) is 2.80. The summed E-state index contributed by atoms with van der Waals surface area (Å²) in [7, 11) is 0. The Morgan fingerprint density at radius 3 is 2.43 bits per heavy atom. The zero-order chi connectivity index (χ0) is 16.2. The molecule has 0 bridgehead atoms. The van der Waals surface area contributed by atoms with Gasteiger partial charge in [0.05, 0.1) is 17.5 Å². The number of hydrogen-bond acceptors (Lipinski definition) is 2. The smallest absolute Gasteiger partial charge is 0.419 e. The molecular weight excluding hydrogens is 294 g/mol. The van der Waals surface area contributed by atoms with E-state index in [1.165, 1.54) is 0 Å². The Labute approximate surface area is 117 Å². The number of alkyl halides is 3. The second-order valence-corrected chi connectivity index (χ2v) is 4.34. The highest BCUT2D eigenvalue weighted by atomic mass is 19.4. The predicted molar refractivity (Wildman–Crippen MR) is 65.2 cm³/mol. The molecule has 1 atom stereocenters. The maximum Gasteiger partial charge on any atom is 0.419 e. The first-order valence-electron chi connectivity index (χ1n) is 6.05. The van der Waals surface area contributed by atoms with Gasteiger partial charge < -0.3 is 10.4 Å². The molecule has 1 rings (SSSR count). The lowest BCUT2D eigenvalue weighted by molar-refractivity contribution is -0.140. The molecule has 0 fully saturated rings. The Hall–Kier alpha value is -2.12. The van der Waals surface area contributed by atoms with Crippen molar-refractivity contribution in [2.24, 2.45) is 0 Å². The highest BCUT2D eigenvalue weighted by Gasteiger charge is 2.35. The van der Waals surface area contributed by atoms with Crippen LogP contribution in [0.4, 0.5) is 17.6 Å². The quantitative estimate of drug-likeness (QED) is 0.822. The number of benzene rings is 1. The van der Waals surface area contributed by atoms with E-state index in [1.54, 1.807) is 6.92 Å². The van der Waals surface area contributed by atoms with Gasteiger partial charge >= 0.3 is 12.1 Å². The van der Waals surface area contributed by atoms with Crippen LogP contribution in [0.25, 0.3) is 0 Å². The summed E-state index contributed by atoms with van der Waals surface area (Å²) in [5.41, 5.74) is -2.31. The first-order valence-corrected chi connectivity index (χ1v) is 6.05. The van der Waals surface area contributed by atoms with Gasteiger partial charge in [0, 0.05) is 6.04 Å². The van der Waals surface area contributed by atoms with E-state index < -0.39 is 47.5 Å². The molecular formula is C13H13F4NO3. The molecule has 0 saturated carbocycles. The predicted octanol–water partition coefficient (Wildman–Crippen LogP) is 2.83. The van der Waals surface area contributed by atoms with Crippen molar-refractivity contribution in [2.45, 2.75) is 32.0 Å². The third-order valence-corrected chi connectivity index (χ3v) is 2.80. The Morgan fingerprint density at radius 2 is 1.95 bits per heavy atom. The van der Waals surface area contributed by atoms with E-state index >= 15 is 0 Å². The van der Waals surface area contributed by atoms with Crippen molar-refractivity contribution in [1.82, 2.24) is 5.32 Å². The molecule has 116 valence electrons. The fourth-order valence-corrected chi connectivity index (χ4v) is 1.70. The number of carboxylic acid groups (broad SMARTS) is 1. The minimum Gasteiger partial charge on any atom is -0.481 e. The molecule has 0 heterocycles. The molecule has 2 N–H and O–H groups in total. The third kappa shape index (κ3) is 4.44. The summed E-state index contributed by atoms with van der Waals surface area (Å²) in [5.74, 6) is -3.92. The number of carbonyl (C=O) groups excluding carboxylic acids is 1. The van der Waals surface area contributed by atoms with Crippen molar-refractivity contribution in [3.8, 4) is 0 Å². The lowest BCUT2D eigenvalue weighted by Crippen LogP contribution is -2.36. The van der Waals surface area contributed by atoms with Gasteiger partial charge in [-0.1, -0.05) is 13.0 Å². The molecule has 1 aromatic rings. The number of hydrogen-bond donors (Lipinski definition) is 2. The van der Waals surface area contributed by atoms with Gasteiger partial charge in [0.1, 0.15) is 5.82 Å². The zero-order valence-electron chi connectivity index (χ0n) is 11.0. The first-order chi connectivity index (χ1) is 9.66. The number of nitrogens with one attached hydrogen (secondary N) is 1. The topological polar surface area (TPSA) is 66.4 Å². The lowest BCUT2D eigenvalue weighted by Gasteiger charge is -2.16. The van der Waals surface area contributed by atoms with E-state index in [0.29, 0.717) is 6.07 Å². The molecule has 0 aliphatic carbocycles. The number of carbonyl (C=O) groups is 2. The van der Waals surface area contributed by atoms with Crippen LogP contribution in [0.2, 0.25) is 0 Å². The minimum atomic E-state index is -4.91. The standard InChI is InChI=1S/C13H13F4NO3/c1-2-7(6-10(19)20)18-12(21)8-4-3-5-9(11(8)14)13(15,16)17/h3-5,7H,2,6H2,1H3,(H,18,21)(H,19,20).